The average molecular weight is 248 g/mol. The maximum Gasteiger partial charge on any atom is 0.226 e. The predicted octanol–water partition coefficient (Wildman–Crippen LogP) is 2.90. The van der Waals surface area contributed by atoms with Crippen molar-refractivity contribution in [1.82, 2.24) is 0 Å². The van der Waals surface area contributed by atoms with Crippen molar-refractivity contribution in [2.45, 2.75) is 39.0 Å². The Labute approximate surface area is 110 Å². The van der Waals surface area contributed by atoms with Gasteiger partial charge in [-0.3, -0.25) is 4.79 Å². The summed E-state index contributed by atoms with van der Waals surface area (Å²) in [5, 5.41) is 0. The van der Waals surface area contributed by atoms with Crippen molar-refractivity contribution >= 4 is 11.6 Å². The topological polar surface area (TPSA) is 46.3 Å². The standard InChI is InChI=1S/C15H24N2O/c1-12(2)13-7-9-14(10-8-13)17(3)15(18)6-4-5-11-16/h7-10,12H,4-6,11,16H2,1-3H3. The molecule has 0 aliphatic heterocycles. The van der Waals surface area contributed by atoms with Crippen LogP contribution in [0, 0.1) is 0 Å². The molecule has 0 unspecified atom stereocenters. The molecule has 0 aromatic heterocycles. The largest absolute Gasteiger partial charge is 0.330 e. The molecule has 0 spiro atoms. The van der Waals surface area contributed by atoms with Crippen LogP contribution < -0.4 is 10.6 Å². The molecule has 18 heavy (non-hydrogen) atoms. The van der Waals surface area contributed by atoms with Crippen LogP contribution in [0.3, 0.4) is 0 Å². The molecular weight excluding hydrogens is 224 g/mol. The molecular formula is C15H24N2O. The van der Waals surface area contributed by atoms with E-state index in [2.05, 4.69) is 26.0 Å². The second kappa shape index (κ2) is 7.17. The van der Waals surface area contributed by atoms with E-state index < -0.39 is 0 Å². The van der Waals surface area contributed by atoms with Crippen molar-refractivity contribution in [3.8, 4) is 0 Å². The summed E-state index contributed by atoms with van der Waals surface area (Å²) in [6.45, 7) is 4.98. The highest BCUT2D eigenvalue weighted by Gasteiger charge is 2.10. The van der Waals surface area contributed by atoms with E-state index in [0.29, 0.717) is 18.9 Å². The number of anilines is 1. The smallest absolute Gasteiger partial charge is 0.226 e. The fraction of sp³-hybridized carbons (Fsp3) is 0.533. The molecule has 0 aliphatic rings. The SMILES string of the molecule is CC(C)c1ccc(N(C)C(=O)CCCCN)cc1. The van der Waals surface area contributed by atoms with Crippen LogP contribution >= 0.6 is 0 Å². The Morgan fingerprint density at radius 1 is 1.22 bits per heavy atom. The van der Waals surface area contributed by atoms with Crippen molar-refractivity contribution < 1.29 is 4.79 Å². The van der Waals surface area contributed by atoms with Gasteiger partial charge in [0.15, 0.2) is 0 Å². The number of benzene rings is 1. The first-order chi connectivity index (χ1) is 8.56. The summed E-state index contributed by atoms with van der Waals surface area (Å²) in [7, 11) is 1.83. The minimum atomic E-state index is 0.153. The zero-order valence-electron chi connectivity index (χ0n) is 11.6. The summed E-state index contributed by atoms with van der Waals surface area (Å²) in [5.41, 5.74) is 7.67. The summed E-state index contributed by atoms with van der Waals surface area (Å²) < 4.78 is 0. The van der Waals surface area contributed by atoms with E-state index in [1.807, 2.05) is 19.2 Å². The molecule has 0 heterocycles. The lowest BCUT2D eigenvalue weighted by atomic mass is 10.0. The fourth-order valence-corrected chi connectivity index (χ4v) is 1.82. The van der Waals surface area contributed by atoms with Crippen LogP contribution in [-0.2, 0) is 4.79 Å². The predicted molar refractivity (Wildman–Crippen MR) is 76.8 cm³/mol. The van der Waals surface area contributed by atoms with Gasteiger partial charge in [-0.05, 0) is 43.0 Å². The fourth-order valence-electron chi connectivity index (χ4n) is 1.82. The second-order valence-corrected chi connectivity index (χ2v) is 4.94. The Morgan fingerprint density at radius 2 is 1.83 bits per heavy atom. The maximum atomic E-state index is 11.9. The van der Waals surface area contributed by atoms with Gasteiger partial charge in [0.1, 0.15) is 0 Å². The van der Waals surface area contributed by atoms with Crippen molar-refractivity contribution in [1.29, 1.82) is 0 Å². The molecule has 0 saturated carbocycles. The lowest BCUT2D eigenvalue weighted by Gasteiger charge is -2.18. The van der Waals surface area contributed by atoms with E-state index in [1.54, 1.807) is 4.90 Å². The number of amides is 1. The molecule has 3 heteroatoms. The summed E-state index contributed by atoms with van der Waals surface area (Å²) in [6, 6.07) is 8.19. The Balaban J connectivity index is 2.60. The maximum absolute atomic E-state index is 11.9. The van der Waals surface area contributed by atoms with Gasteiger partial charge in [0, 0.05) is 19.2 Å². The third kappa shape index (κ3) is 4.15. The first kappa shape index (κ1) is 14.7. The van der Waals surface area contributed by atoms with E-state index >= 15 is 0 Å². The van der Waals surface area contributed by atoms with Crippen LogP contribution in [0.2, 0.25) is 0 Å². The van der Waals surface area contributed by atoms with E-state index in [1.165, 1.54) is 5.56 Å². The number of unbranched alkanes of at least 4 members (excludes halogenated alkanes) is 1. The summed E-state index contributed by atoms with van der Waals surface area (Å²) in [5.74, 6) is 0.672. The number of carbonyl (C=O) groups excluding carboxylic acids is 1. The molecule has 100 valence electrons. The molecule has 1 rings (SSSR count). The van der Waals surface area contributed by atoms with Gasteiger partial charge in [-0.15, -0.1) is 0 Å². The van der Waals surface area contributed by atoms with E-state index in [4.69, 9.17) is 5.73 Å². The van der Waals surface area contributed by atoms with Crippen LogP contribution in [-0.4, -0.2) is 19.5 Å². The third-order valence-corrected chi connectivity index (χ3v) is 3.17. The number of hydrogen-bond donors (Lipinski definition) is 1. The number of nitrogens with zero attached hydrogens (tertiary/aromatic N) is 1. The minimum absolute atomic E-state index is 0.153. The van der Waals surface area contributed by atoms with Gasteiger partial charge in [0.2, 0.25) is 5.91 Å². The van der Waals surface area contributed by atoms with E-state index in [0.717, 1.165) is 18.5 Å². The number of carbonyl (C=O) groups is 1. The van der Waals surface area contributed by atoms with Gasteiger partial charge in [0.05, 0.1) is 0 Å². The Morgan fingerprint density at radius 3 is 2.33 bits per heavy atom. The quantitative estimate of drug-likeness (QED) is 0.787. The number of hydrogen-bond acceptors (Lipinski definition) is 2. The first-order valence-corrected chi connectivity index (χ1v) is 6.63. The van der Waals surface area contributed by atoms with Crippen molar-refractivity contribution in [2.75, 3.05) is 18.5 Å². The van der Waals surface area contributed by atoms with Crippen molar-refractivity contribution in [2.24, 2.45) is 5.73 Å². The molecule has 0 fully saturated rings. The lowest BCUT2D eigenvalue weighted by molar-refractivity contribution is -0.118. The molecule has 0 bridgehead atoms. The van der Waals surface area contributed by atoms with Crippen LogP contribution in [0.25, 0.3) is 0 Å². The molecule has 1 aromatic rings. The monoisotopic (exact) mass is 248 g/mol. The van der Waals surface area contributed by atoms with Crippen LogP contribution in [0.4, 0.5) is 5.69 Å². The summed E-state index contributed by atoms with van der Waals surface area (Å²) >= 11 is 0. The highest BCUT2D eigenvalue weighted by Crippen LogP contribution is 2.20. The zero-order chi connectivity index (χ0) is 13.5. The van der Waals surface area contributed by atoms with Crippen LogP contribution in [0.15, 0.2) is 24.3 Å². The highest BCUT2D eigenvalue weighted by atomic mass is 16.2. The Kier molecular flexibility index (Phi) is 5.86. The van der Waals surface area contributed by atoms with Gasteiger partial charge < -0.3 is 10.6 Å². The molecule has 1 amide bonds. The summed E-state index contributed by atoms with van der Waals surface area (Å²) in [6.07, 6.45) is 2.34. The zero-order valence-corrected chi connectivity index (χ0v) is 11.6. The van der Waals surface area contributed by atoms with Gasteiger partial charge in [-0.25, -0.2) is 0 Å². The van der Waals surface area contributed by atoms with Gasteiger partial charge in [-0.2, -0.15) is 0 Å². The lowest BCUT2D eigenvalue weighted by Crippen LogP contribution is -2.25. The third-order valence-electron chi connectivity index (χ3n) is 3.17. The number of rotatable bonds is 6. The molecule has 0 saturated heterocycles. The normalized spacial score (nSPS) is 10.7. The Bertz CT molecular complexity index is 371. The van der Waals surface area contributed by atoms with E-state index in [9.17, 15) is 4.79 Å². The molecule has 0 aliphatic carbocycles. The molecule has 3 nitrogen and oxygen atoms in total. The molecule has 0 radical (unpaired) electrons. The van der Waals surface area contributed by atoms with E-state index in [-0.39, 0.29) is 5.91 Å². The van der Waals surface area contributed by atoms with Gasteiger partial charge in [0.25, 0.3) is 0 Å². The molecule has 2 N–H and O–H groups in total. The van der Waals surface area contributed by atoms with Crippen molar-refractivity contribution in [3.63, 3.8) is 0 Å². The summed E-state index contributed by atoms with van der Waals surface area (Å²) in [4.78, 5) is 13.6. The average Bonchev–Trinajstić information content (AvgIpc) is 2.38. The Hall–Kier alpha value is -1.35. The minimum Gasteiger partial charge on any atom is -0.330 e. The second-order valence-electron chi connectivity index (χ2n) is 4.94. The van der Waals surface area contributed by atoms with Gasteiger partial charge >= 0.3 is 0 Å². The number of nitrogens with two attached hydrogens (primary N) is 1. The van der Waals surface area contributed by atoms with Crippen LogP contribution in [0.5, 0.6) is 0 Å². The van der Waals surface area contributed by atoms with Crippen molar-refractivity contribution in [3.05, 3.63) is 29.8 Å². The molecule has 0 atom stereocenters. The first-order valence-electron chi connectivity index (χ1n) is 6.63. The molecule has 1 aromatic carbocycles. The highest BCUT2D eigenvalue weighted by molar-refractivity contribution is 5.92. The van der Waals surface area contributed by atoms with Crippen LogP contribution in [0.1, 0.15) is 44.6 Å². The van der Waals surface area contributed by atoms with Gasteiger partial charge in [-0.1, -0.05) is 26.0 Å².